The maximum Gasteiger partial charge on any atom is 0.338 e. The number of benzene rings is 2. The van der Waals surface area contributed by atoms with Crippen LogP contribution in [0.2, 0.25) is 0 Å². The first-order valence-electron chi connectivity index (χ1n) is 9.63. The van der Waals surface area contributed by atoms with Gasteiger partial charge in [-0.1, -0.05) is 6.07 Å². The summed E-state index contributed by atoms with van der Waals surface area (Å²) in [7, 11) is -2.28. The van der Waals surface area contributed by atoms with Crippen LogP contribution >= 0.6 is 0 Å². The number of rotatable bonds is 7. The molecule has 0 atom stereocenters. The topological polar surface area (TPSA) is 102 Å². The molecule has 0 saturated carbocycles. The van der Waals surface area contributed by atoms with Crippen molar-refractivity contribution in [3.05, 3.63) is 53.6 Å². The summed E-state index contributed by atoms with van der Waals surface area (Å²) in [5.41, 5.74) is 0.756. The van der Waals surface area contributed by atoms with E-state index in [2.05, 4.69) is 5.32 Å². The summed E-state index contributed by atoms with van der Waals surface area (Å²) in [5.74, 6) is -0.800. The van der Waals surface area contributed by atoms with E-state index in [9.17, 15) is 18.0 Å². The van der Waals surface area contributed by atoms with Crippen molar-refractivity contribution < 1.29 is 27.5 Å². The zero-order valence-corrected chi connectivity index (χ0v) is 17.7. The van der Waals surface area contributed by atoms with E-state index in [0.717, 1.165) is 12.8 Å². The number of carbonyl (C=O) groups excluding carboxylic acids is 2. The summed E-state index contributed by atoms with van der Waals surface area (Å²) >= 11 is 0. The number of hydrogen-bond acceptors (Lipinski definition) is 6. The van der Waals surface area contributed by atoms with Crippen LogP contribution in [0.25, 0.3) is 0 Å². The lowest BCUT2D eigenvalue weighted by Crippen LogP contribution is -2.28. The summed E-state index contributed by atoms with van der Waals surface area (Å²) < 4.78 is 37.3. The van der Waals surface area contributed by atoms with Crippen molar-refractivity contribution in [1.82, 2.24) is 4.31 Å². The molecule has 1 aliphatic heterocycles. The van der Waals surface area contributed by atoms with E-state index in [1.54, 1.807) is 25.1 Å². The Balaban J connectivity index is 1.88. The lowest BCUT2D eigenvalue weighted by atomic mass is 10.1. The maximum absolute atomic E-state index is 12.9. The van der Waals surface area contributed by atoms with Crippen LogP contribution in [0.1, 0.15) is 40.5 Å². The van der Waals surface area contributed by atoms with E-state index >= 15 is 0 Å². The Morgan fingerprint density at radius 3 is 2.50 bits per heavy atom. The SMILES string of the molecule is CCOC(=O)c1cccc(NC(=O)c2cc(S(=O)(=O)N3CCCC3)ccc2OC)c1. The van der Waals surface area contributed by atoms with Crippen LogP contribution < -0.4 is 10.1 Å². The van der Waals surface area contributed by atoms with Gasteiger partial charge in [-0.2, -0.15) is 4.31 Å². The monoisotopic (exact) mass is 432 g/mol. The van der Waals surface area contributed by atoms with Crippen molar-refractivity contribution in [3.63, 3.8) is 0 Å². The van der Waals surface area contributed by atoms with Crippen molar-refractivity contribution in [2.45, 2.75) is 24.7 Å². The minimum atomic E-state index is -3.68. The number of carbonyl (C=O) groups is 2. The standard InChI is InChI=1S/C21H24N2O6S/c1-3-29-21(25)15-7-6-8-16(13-15)22-20(24)18-14-17(9-10-19(18)28-2)30(26,27)23-11-4-5-12-23/h6-10,13-14H,3-5,11-12H2,1-2H3,(H,22,24). The number of nitrogens with zero attached hydrogens (tertiary/aromatic N) is 1. The van der Waals surface area contributed by atoms with Crippen molar-refractivity contribution >= 4 is 27.6 Å². The Bertz CT molecular complexity index is 1050. The number of nitrogens with one attached hydrogen (secondary N) is 1. The van der Waals surface area contributed by atoms with Gasteiger partial charge in [0.15, 0.2) is 0 Å². The van der Waals surface area contributed by atoms with Crippen LogP contribution in [0, 0.1) is 0 Å². The lowest BCUT2D eigenvalue weighted by molar-refractivity contribution is 0.0526. The zero-order valence-electron chi connectivity index (χ0n) is 16.9. The van der Waals surface area contributed by atoms with Gasteiger partial charge in [-0.05, 0) is 56.2 Å². The quantitative estimate of drug-likeness (QED) is 0.675. The highest BCUT2D eigenvalue weighted by Crippen LogP contribution is 2.27. The second-order valence-corrected chi connectivity index (χ2v) is 8.67. The number of amides is 1. The summed E-state index contributed by atoms with van der Waals surface area (Å²) in [6, 6.07) is 10.5. The van der Waals surface area contributed by atoms with Crippen LogP contribution in [0.5, 0.6) is 5.75 Å². The summed E-state index contributed by atoms with van der Waals surface area (Å²) in [4.78, 5) is 24.8. The molecule has 2 aromatic carbocycles. The van der Waals surface area contributed by atoms with Gasteiger partial charge in [0.25, 0.3) is 5.91 Å². The maximum atomic E-state index is 12.9. The molecule has 0 aromatic heterocycles. The summed E-state index contributed by atoms with van der Waals surface area (Å²) in [6.07, 6.45) is 1.64. The lowest BCUT2D eigenvalue weighted by Gasteiger charge is -2.17. The fraction of sp³-hybridized carbons (Fsp3) is 0.333. The molecular weight excluding hydrogens is 408 g/mol. The van der Waals surface area contributed by atoms with Gasteiger partial charge in [-0.3, -0.25) is 4.79 Å². The Morgan fingerprint density at radius 2 is 1.83 bits per heavy atom. The Labute approximate surface area is 175 Å². The van der Waals surface area contributed by atoms with Gasteiger partial charge in [0.05, 0.1) is 29.7 Å². The highest BCUT2D eigenvalue weighted by molar-refractivity contribution is 7.89. The molecule has 0 aliphatic carbocycles. The fourth-order valence-corrected chi connectivity index (χ4v) is 4.78. The van der Waals surface area contributed by atoms with Crippen molar-refractivity contribution in [2.24, 2.45) is 0 Å². The van der Waals surface area contributed by atoms with Crippen LogP contribution in [0.4, 0.5) is 5.69 Å². The van der Waals surface area contributed by atoms with E-state index in [4.69, 9.17) is 9.47 Å². The van der Waals surface area contributed by atoms with E-state index in [0.29, 0.717) is 24.3 Å². The third-order valence-electron chi connectivity index (χ3n) is 4.75. The smallest absolute Gasteiger partial charge is 0.338 e. The molecule has 8 nitrogen and oxygen atoms in total. The van der Waals surface area contributed by atoms with Crippen molar-refractivity contribution in [1.29, 1.82) is 0 Å². The zero-order chi connectivity index (χ0) is 21.7. The molecule has 160 valence electrons. The van der Waals surface area contributed by atoms with Gasteiger partial charge in [0.2, 0.25) is 10.0 Å². The number of hydrogen-bond donors (Lipinski definition) is 1. The molecule has 0 bridgehead atoms. The molecule has 3 rings (SSSR count). The van der Waals surface area contributed by atoms with Crippen LogP contribution in [0.15, 0.2) is 47.4 Å². The van der Waals surface area contributed by atoms with Crippen LogP contribution in [-0.2, 0) is 14.8 Å². The predicted octanol–water partition coefficient (Wildman–Crippen LogP) is 2.91. The number of methoxy groups -OCH3 is 1. The molecule has 1 saturated heterocycles. The normalized spacial score (nSPS) is 14.3. The second kappa shape index (κ2) is 9.27. The molecular formula is C21H24N2O6S. The molecule has 0 radical (unpaired) electrons. The molecule has 1 heterocycles. The van der Waals surface area contributed by atoms with Crippen molar-refractivity contribution in [2.75, 3.05) is 32.1 Å². The van der Waals surface area contributed by atoms with Crippen LogP contribution in [-0.4, -0.2) is 51.4 Å². The van der Waals surface area contributed by atoms with Gasteiger partial charge in [0.1, 0.15) is 5.75 Å². The molecule has 1 aliphatic rings. The molecule has 9 heteroatoms. The summed E-state index contributed by atoms with van der Waals surface area (Å²) in [5, 5.41) is 2.68. The van der Waals surface area contributed by atoms with Crippen molar-refractivity contribution in [3.8, 4) is 5.75 Å². The Kier molecular flexibility index (Phi) is 6.73. The highest BCUT2D eigenvalue weighted by atomic mass is 32.2. The fourth-order valence-electron chi connectivity index (χ4n) is 3.24. The first kappa shape index (κ1) is 21.8. The first-order chi connectivity index (χ1) is 14.4. The molecule has 30 heavy (non-hydrogen) atoms. The van der Waals surface area contributed by atoms with Gasteiger partial charge in [0, 0.05) is 18.8 Å². The average molecular weight is 432 g/mol. The van der Waals surface area contributed by atoms with Gasteiger partial charge in [-0.25, -0.2) is 13.2 Å². The summed E-state index contributed by atoms with van der Waals surface area (Å²) in [6.45, 7) is 2.89. The van der Waals surface area contributed by atoms with Gasteiger partial charge in [-0.15, -0.1) is 0 Å². The average Bonchev–Trinajstić information content (AvgIpc) is 3.29. The third-order valence-corrected chi connectivity index (χ3v) is 6.64. The molecule has 1 N–H and O–H groups in total. The van der Waals surface area contributed by atoms with E-state index in [-0.39, 0.29) is 22.8 Å². The molecule has 2 aromatic rings. The van der Waals surface area contributed by atoms with E-state index in [1.165, 1.54) is 35.7 Å². The molecule has 1 fully saturated rings. The van der Waals surface area contributed by atoms with E-state index < -0.39 is 21.9 Å². The van der Waals surface area contributed by atoms with Gasteiger partial charge >= 0.3 is 5.97 Å². The number of sulfonamides is 1. The molecule has 0 spiro atoms. The van der Waals surface area contributed by atoms with Crippen LogP contribution in [0.3, 0.4) is 0 Å². The van der Waals surface area contributed by atoms with Gasteiger partial charge < -0.3 is 14.8 Å². The Morgan fingerprint density at radius 1 is 1.10 bits per heavy atom. The minimum absolute atomic E-state index is 0.0376. The second-order valence-electron chi connectivity index (χ2n) is 6.73. The highest BCUT2D eigenvalue weighted by Gasteiger charge is 2.28. The predicted molar refractivity (Wildman–Crippen MR) is 111 cm³/mol. The molecule has 0 unspecified atom stereocenters. The minimum Gasteiger partial charge on any atom is -0.496 e. The number of ether oxygens (including phenoxy) is 2. The number of esters is 1. The van der Waals surface area contributed by atoms with E-state index in [1.807, 2.05) is 0 Å². The third kappa shape index (κ3) is 4.63. The number of anilines is 1. The molecule has 1 amide bonds. The largest absolute Gasteiger partial charge is 0.496 e. The Hall–Kier alpha value is -2.91. The first-order valence-corrected chi connectivity index (χ1v) is 11.1.